The van der Waals surface area contributed by atoms with Gasteiger partial charge in [0.1, 0.15) is 0 Å². The Bertz CT molecular complexity index is 633. The van der Waals surface area contributed by atoms with E-state index in [1.165, 1.54) is 44.2 Å². The number of rotatable bonds is 10. The van der Waals surface area contributed by atoms with E-state index in [2.05, 4.69) is 44.4 Å². The van der Waals surface area contributed by atoms with Crippen LogP contribution in [0.15, 0.2) is 35.3 Å². The van der Waals surface area contributed by atoms with Crippen LogP contribution in [-0.4, -0.2) is 68.2 Å². The highest BCUT2D eigenvalue weighted by molar-refractivity contribution is 14.0. The van der Waals surface area contributed by atoms with Crippen molar-refractivity contribution in [2.45, 2.75) is 44.8 Å². The maximum atomic E-state index is 5.96. The van der Waals surface area contributed by atoms with Crippen LogP contribution in [0.25, 0.3) is 0 Å². The van der Waals surface area contributed by atoms with Gasteiger partial charge in [0.05, 0.1) is 13.2 Å². The molecule has 0 radical (unpaired) electrons. The Morgan fingerprint density at radius 2 is 1.93 bits per heavy atom. The monoisotopic (exact) mass is 512 g/mol. The van der Waals surface area contributed by atoms with Gasteiger partial charge in [-0.3, -0.25) is 9.89 Å². The molecule has 5 nitrogen and oxygen atoms in total. The molecule has 29 heavy (non-hydrogen) atoms. The van der Waals surface area contributed by atoms with Crippen LogP contribution in [0.5, 0.6) is 0 Å². The van der Waals surface area contributed by atoms with Crippen LogP contribution in [-0.2, 0) is 11.3 Å². The molecular weight excluding hydrogens is 475 g/mol. The molecule has 2 aliphatic carbocycles. The average molecular weight is 512 g/mol. The van der Waals surface area contributed by atoms with Gasteiger partial charge in [-0.05, 0) is 43.6 Å². The van der Waals surface area contributed by atoms with Gasteiger partial charge < -0.3 is 15.0 Å². The largest absolute Gasteiger partial charge is 0.376 e. The first-order chi connectivity index (χ1) is 13.8. The molecule has 6 heteroatoms. The molecule has 0 bridgehead atoms. The zero-order chi connectivity index (χ0) is 19.2. The Morgan fingerprint density at radius 3 is 2.62 bits per heavy atom. The van der Waals surface area contributed by atoms with E-state index in [0.717, 1.165) is 50.7 Å². The van der Waals surface area contributed by atoms with Crippen molar-refractivity contribution in [1.29, 1.82) is 0 Å². The molecule has 1 saturated heterocycles. The molecule has 1 aromatic carbocycles. The van der Waals surface area contributed by atoms with E-state index >= 15 is 0 Å². The first-order valence-electron chi connectivity index (χ1n) is 11.1. The summed E-state index contributed by atoms with van der Waals surface area (Å²) < 4.78 is 5.96. The van der Waals surface area contributed by atoms with Crippen molar-refractivity contribution in [1.82, 2.24) is 15.1 Å². The van der Waals surface area contributed by atoms with Gasteiger partial charge in [0.2, 0.25) is 0 Å². The summed E-state index contributed by atoms with van der Waals surface area (Å²) in [6, 6.07) is 11.3. The number of ether oxygens (including phenoxy) is 1. The molecular formula is C23H37IN4O. The van der Waals surface area contributed by atoms with Crippen molar-refractivity contribution in [3.8, 4) is 0 Å². The molecule has 1 aromatic rings. The number of halogens is 1. The Hall–Kier alpha value is -0.860. The lowest BCUT2D eigenvalue weighted by Crippen LogP contribution is -2.44. The Labute approximate surface area is 193 Å². The minimum absolute atomic E-state index is 0. The Morgan fingerprint density at radius 1 is 1.14 bits per heavy atom. The molecule has 0 aromatic heterocycles. The van der Waals surface area contributed by atoms with E-state index in [4.69, 9.17) is 4.74 Å². The Balaban J connectivity index is 0.00000240. The van der Waals surface area contributed by atoms with Crippen LogP contribution in [0, 0.1) is 11.8 Å². The molecule has 0 amide bonds. The van der Waals surface area contributed by atoms with E-state index in [9.17, 15) is 0 Å². The Kier molecular flexibility index (Phi) is 9.06. The minimum Gasteiger partial charge on any atom is -0.376 e. The van der Waals surface area contributed by atoms with Gasteiger partial charge in [-0.25, -0.2) is 0 Å². The van der Waals surface area contributed by atoms with Crippen molar-refractivity contribution in [3.05, 3.63) is 35.9 Å². The zero-order valence-corrected chi connectivity index (χ0v) is 20.1. The van der Waals surface area contributed by atoms with Crippen molar-refractivity contribution in [2.24, 2.45) is 16.8 Å². The molecule has 0 spiro atoms. The second-order valence-electron chi connectivity index (χ2n) is 8.74. The van der Waals surface area contributed by atoms with Crippen LogP contribution >= 0.6 is 24.0 Å². The number of hydrogen-bond acceptors (Lipinski definition) is 3. The third kappa shape index (κ3) is 7.40. The summed E-state index contributed by atoms with van der Waals surface area (Å²) in [5.41, 5.74) is 1.25. The van der Waals surface area contributed by atoms with E-state index in [1.54, 1.807) is 0 Å². The third-order valence-corrected chi connectivity index (χ3v) is 6.20. The number of benzene rings is 1. The quantitative estimate of drug-likeness (QED) is 0.296. The van der Waals surface area contributed by atoms with Gasteiger partial charge in [-0.15, -0.1) is 24.0 Å². The fraction of sp³-hybridized carbons (Fsp3) is 0.696. The molecule has 3 aliphatic rings. The molecule has 1 aliphatic heterocycles. The summed E-state index contributed by atoms with van der Waals surface area (Å²) in [4.78, 5) is 9.65. The van der Waals surface area contributed by atoms with Crippen LogP contribution in [0.3, 0.4) is 0 Å². The number of nitrogens with one attached hydrogen (secondary N) is 1. The molecule has 3 fully saturated rings. The standard InChI is InChI=1S/C23H36N4O.HI/c1-24-23(25-12-14-26(22-9-10-22)15-19-7-8-19)27-13-11-21(16-27)18-28-17-20-5-3-2-4-6-20;/h2-6,19,21-22H,7-18H2,1H3,(H,24,25);1H. The second kappa shape index (κ2) is 11.5. The predicted molar refractivity (Wildman–Crippen MR) is 130 cm³/mol. The number of likely N-dealkylation sites (tertiary alicyclic amines) is 1. The highest BCUT2D eigenvalue weighted by atomic mass is 127. The van der Waals surface area contributed by atoms with E-state index in [-0.39, 0.29) is 24.0 Å². The van der Waals surface area contributed by atoms with Gasteiger partial charge in [0.25, 0.3) is 0 Å². The first kappa shape index (κ1) is 22.8. The van der Waals surface area contributed by atoms with Crippen LogP contribution in [0.1, 0.15) is 37.7 Å². The summed E-state index contributed by atoms with van der Waals surface area (Å²) >= 11 is 0. The average Bonchev–Trinajstić information content (AvgIpc) is 3.65. The third-order valence-electron chi connectivity index (χ3n) is 6.20. The summed E-state index contributed by atoms with van der Waals surface area (Å²) in [5.74, 6) is 2.64. The highest BCUT2D eigenvalue weighted by Gasteiger charge is 2.33. The summed E-state index contributed by atoms with van der Waals surface area (Å²) in [7, 11) is 1.91. The van der Waals surface area contributed by atoms with E-state index in [0.29, 0.717) is 12.5 Å². The molecule has 1 N–H and O–H groups in total. The van der Waals surface area contributed by atoms with Gasteiger partial charge in [-0.1, -0.05) is 30.3 Å². The van der Waals surface area contributed by atoms with Gasteiger partial charge in [0, 0.05) is 51.7 Å². The summed E-state index contributed by atoms with van der Waals surface area (Å²) in [6.07, 6.45) is 6.88. The fourth-order valence-corrected chi connectivity index (χ4v) is 4.22. The van der Waals surface area contributed by atoms with Crippen LogP contribution in [0.4, 0.5) is 0 Å². The van der Waals surface area contributed by atoms with Crippen molar-refractivity contribution < 1.29 is 4.74 Å². The molecule has 4 rings (SSSR count). The topological polar surface area (TPSA) is 40.1 Å². The van der Waals surface area contributed by atoms with Crippen molar-refractivity contribution >= 4 is 29.9 Å². The highest BCUT2D eigenvalue weighted by Crippen LogP contribution is 2.34. The zero-order valence-electron chi connectivity index (χ0n) is 17.8. The normalized spacial score (nSPS) is 22.1. The van der Waals surface area contributed by atoms with Crippen LogP contribution < -0.4 is 5.32 Å². The lowest BCUT2D eigenvalue weighted by Gasteiger charge is -2.25. The van der Waals surface area contributed by atoms with Crippen molar-refractivity contribution in [2.75, 3.05) is 46.4 Å². The van der Waals surface area contributed by atoms with E-state index < -0.39 is 0 Å². The number of guanidine groups is 1. The fourth-order valence-electron chi connectivity index (χ4n) is 4.22. The summed E-state index contributed by atoms with van der Waals surface area (Å²) in [6.45, 7) is 7.13. The minimum atomic E-state index is 0. The molecule has 1 heterocycles. The second-order valence-corrected chi connectivity index (χ2v) is 8.74. The molecule has 1 unspecified atom stereocenters. The van der Waals surface area contributed by atoms with E-state index in [1.807, 2.05) is 13.1 Å². The lowest BCUT2D eigenvalue weighted by atomic mass is 10.1. The molecule has 1 atom stereocenters. The lowest BCUT2D eigenvalue weighted by molar-refractivity contribution is 0.0906. The van der Waals surface area contributed by atoms with Gasteiger partial charge >= 0.3 is 0 Å². The number of hydrogen-bond donors (Lipinski definition) is 1. The smallest absolute Gasteiger partial charge is 0.193 e. The summed E-state index contributed by atoms with van der Waals surface area (Å²) in [5, 5.41) is 3.61. The van der Waals surface area contributed by atoms with Gasteiger partial charge in [-0.2, -0.15) is 0 Å². The predicted octanol–water partition coefficient (Wildman–Crippen LogP) is 3.59. The maximum Gasteiger partial charge on any atom is 0.193 e. The first-order valence-corrected chi connectivity index (χ1v) is 11.1. The molecule has 2 saturated carbocycles. The maximum absolute atomic E-state index is 5.96. The van der Waals surface area contributed by atoms with Crippen LogP contribution in [0.2, 0.25) is 0 Å². The van der Waals surface area contributed by atoms with Crippen molar-refractivity contribution in [3.63, 3.8) is 0 Å². The number of nitrogens with zero attached hydrogens (tertiary/aromatic N) is 3. The van der Waals surface area contributed by atoms with Gasteiger partial charge in [0.15, 0.2) is 5.96 Å². The SMILES string of the molecule is CN=C(NCCN(CC1CC1)C1CC1)N1CCC(COCc2ccccc2)C1.I. The molecule has 162 valence electrons. The number of aliphatic imine (C=N–C) groups is 1.